The van der Waals surface area contributed by atoms with Crippen molar-refractivity contribution in [2.24, 2.45) is 0 Å². The van der Waals surface area contributed by atoms with E-state index >= 15 is 0 Å². The zero-order valence-corrected chi connectivity index (χ0v) is 9.69. The van der Waals surface area contributed by atoms with E-state index in [1.165, 1.54) is 18.4 Å². The predicted octanol–water partition coefficient (Wildman–Crippen LogP) is 3.22. The van der Waals surface area contributed by atoms with Gasteiger partial charge in [0.05, 0.1) is 0 Å². The average molecular weight is 218 g/mol. The molecule has 1 aromatic carbocycles. The number of aryl methyl sites for hydroxylation is 1. The summed E-state index contributed by atoms with van der Waals surface area (Å²) < 4.78 is 4.56. The van der Waals surface area contributed by atoms with Crippen LogP contribution in [0.15, 0.2) is 30.3 Å². The molecule has 0 aliphatic carbocycles. The van der Waals surface area contributed by atoms with Gasteiger partial charge in [-0.1, -0.05) is 43.7 Å². The fraction of sp³-hybridized carbons (Fsp3) is 0.357. The molecular weight excluding hydrogens is 200 g/mol. The van der Waals surface area contributed by atoms with Crippen LogP contribution in [0.25, 0.3) is 6.08 Å². The van der Waals surface area contributed by atoms with E-state index in [9.17, 15) is 4.79 Å². The first kappa shape index (κ1) is 12.5. The SMILES string of the molecule is CCCCc1ccc(C=CCOC=O)cc1. The first-order chi connectivity index (χ1) is 7.86. The molecule has 0 saturated carbocycles. The minimum atomic E-state index is 0.334. The summed E-state index contributed by atoms with van der Waals surface area (Å²) in [5.74, 6) is 0. The maximum absolute atomic E-state index is 9.91. The molecule has 0 aliphatic rings. The highest BCUT2D eigenvalue weighted by Crippen LogP contribution is 2.09. The maximum atomic E-state index is 9.91. The Morgan fingerprint density at radius 1 is 1.25 bits per heavy atom. The van der Waals surface area contributed by atoms with Crippen LogP contribution in [0, 0.1) is 0 Å². The minimum absolute atomic E-state index is 0.334. The average Bonchev–Trinajstić information content (AvgIpc) is 2.33. The van der Waals surface area contributed by atoms with Gasteiger partial charge in [0.25, 0.3) is 6.47 Å². The van der Waals surface area contributed by atoms with Gasteiger partial charge in [-0.2, -0.15) is 0 Å². The Morgan fingerprint density at radius 3 is 2.62 bits per heavy atom. The van der Waals surface area contributed by atoms with Crippen LogP contribution >= 0.6 is 0 Å². The molecule has 0 radical (unpaired) electrons. The first-order valence-corrected chi connectivity index (χ1v) is 5.67. The second-order valence-electron chi connectivity index (χ2n) is 3.68. The lowest BCUT2D eigenvalue weighted by Gasteiger charge is -2.00. The Morgan fingerprint density at radius 2 is 2.00 bits per heavy atom. The van der Waals surface area contributed by atoms with Crippen molar-refractivity contribution in [3.8, 4) is 0 Å². The largest absolute Gasteiger partial charge is 0.464 e. The molecular formula is C14H18O2. The van der Waals surface area contributed by atoms with Gasteiger partial charge in [-0.3, -0.25) is 4.79 Å². The van der Waals surface area contributed by atoms with Crippen LogP contribution in [0.5, 0.6) is 0 Å². The molecule has 86 valence electrons. The summed E-state index contributed by atoms with van der Waals surface area (Å²) in [4.78, 5) is 9.91. The molecule has 0 N–H and O–H groups in total. The maximum Gasteiger partial charge on any atom is 0.293 e. The summed E-state index contributed by atoms with van der Waals surface area (Å²) in [7, 11) is 0. The molecule has 16 heavy (non-hydrogen) atoms. The van der Waals surface area contributed by atoms with Gasteiger partial charge in [0, 0.05) is 0 Å². The van der Waals surface area contributed by atoms with Crippen molar-refractivity contribution in [2.45, 2.75) is 26.2 Å². The molecule has 1 aromatic rings. The van der Waals surface area contributed by atoms with Crippen LogP contribution in [0.4, 0.5) is 0 Å². The molecule has 0 atom stereocenters. The second kappa shape index (κ2) is 7.69. The monoisotopic (exact) mass is 218 g/mol. The van der Waals surface area contributed by atoms with Crippen LogP contribution in [0.3, 0.4) is 0 Å². The number of rotatable bonds is 7. The predicted molar refractivity (Wildman–Crippen MR) is 66.1 cm³/mol. The van der Waals surface area contributed by atoms with E-state index in [0.717, 1.165) is 12.0 Å². The number of hydrogen-bond acceptors (Lipinski definition) is 2. The van der Waals surface area contributed by atoms with E-state index in [4.69, 9.17) is 0 Å². The van der Waals surface area contributed by atoms with Crippen molar-refractivity contribution in [3.05, 3.63) is 41.5 Å². The molecule has 1 rings (SSSR count). The van der Waals surface area contributed by atoms with Gasteiger partial charge < -0.3 is 4.74 Å². The fourth-order valence-corrected chi connectivity index (χ4v) is 1.46. The highest BCUT2D eigenvalue weighted by molar-refractivity contribution is 5.50. The second-order valence-corrected chi connectivity index (χ2v) is 3.68. The van der Waals surface area contributed by atoms with Crippen molar-refractivity contribution in [2.75, 3.05) is 6.61 Å². The molecule has 2 nitrogen and oxygen atoms in total. The van der Waals surface area contributed by atoms with Crippen molar-refractivity contribution in [1.29, 1.82) is 0 Å². The number of hydrogen-bond donors (Lipinski definition) is 0. The molecule has 0 unspecified atom stereocenters. The lowest BCUT2D eigenvalue weighted by atomic mass is 10.1. The third-order valence-electron chi connectivity index (χ3n) is 2.37. The lowest BCUT2D eigenvalue weighted by molar-refractivity contribution is -0.127. The zero-order valence-electron chi connectivity index (χ0n) is 9.69. The highest BCUT2D eigenvalue weighted by atomic mass is 16.5. The number of carbonyl (C=O) groups excluding carboxylic acids is 1. The summed E-state index contributed by atoms with van der Waals surface area (Å²) in [6.45, 7) is 2.99. The third kappa shape index (κ3) is 4.78. The normalized spacial score (nSPS) is 10.6. The zero-order chi connectivity index (χ0) is 11.6. The van der Waals surface area contributed by atoms with Crippen molar-refractivity contribution < 1.29 is 9.53 Å². The van der Waals surface area contributed by atoms with Crippen molar-refractivity contribution >= 4 is 12.5 Å². The Bertz CT molecular complexity index is 325. The third-order valence-corrected chi connectivity index (χ3v) is 2.37. The van der Waals surface area contributed by atoms with Crippen LogP contribution in [0.2, 0.25) is 0 Å². The number of benzene rings is 1. The summed E-state index contributed by atoms with van der Waals surface area (Å²) in [6, 6.07) is 8.47. The standard InChI is InChI=1S/C14H18O2/c1-2-3-5-13-7-9-14(10-8-13)6-4-11-16-12-15/h4,6-10,12H,2-3,5,11H2,1H3. The Kier molecular flexibility index (Phi) is 6.00. The fourth-order valence-electron chi connectivity index (χ4n) is 1.46. The van der Waals surface area contributed by atoms with Gasteiger partial charge in [0.2, 0.25) is 0 Å². The van der Waals surface area contributed by atoms with Crippen LogP contribution in [-0.4, -0.2) is 13.1 Å². The van der Waals surface area contributed by atoms with E-state index in [1.54, 1.807) is 0 Å². The minimum Gasteiger partial charge on any atom is -0.464 e. The van der Waals surface area contributed by atoms with E-state index < -0.39 is 0 Å². The van der Waals surface area contributed by atoms with Gasteiger partial charge in [0.15, 0.2) is 0 Å². The Balaban J connectivity index is 2.44. The topological polar surface area (TPSA) is 26.3 Å². The van der Waals surface area contributed by atoms with E-state index in [1.807, 2.05) is 12.2 Å². The molecule has 0 aromatic heterocycles. The Labute approximate surface area is 96.9 Å². The van der Waals surface area contributed by atoms with Gasteiger partial charge in [-0.15, -0.1) is 0 Å². The van der Waals surface area contributed by atoms with Crippen molar-refractivity contribution in [3.63, 3.8) is 0 Å². The van der Waals surface area contributed by atoms with Gasteiger partial charge in [-0.05, 0) is 30.0 Å². The molecule has 0 spiro atoms. The van der Waals surface area contributed by atoms with Crippen molar-refractivity contribution in [1.82, 2.24) is 0 Å². The molecule has 0 fully saturated rings. The number of unbranched alkanes of at least 4 members (excludes halogenated alkanes) is 1. The Hall–Kier alpha value is -1.57. The van der Waals surface area contributed by atoms with E-state index in [-0.39, 0.29) is 0 Å². The summed E-state index contributed by atoms with van der Waals surface area (Å²) >= 11 is 0. The molecule has 2 heteroatoms. The smallest absolute Gasteiger partial charge is 0.293 e. The van der Waals surface area contributed by atoms with E-state index in [0.29, 0.717) is 13.1 Å². The molecule has 0 aliphatic heterocycles. The molecule has 0 saturated heterocycles. The molecule has 0 amide bonds. The molecule has 0 heterocycles. The lowest BCUT2D eigenvalue weighted by Crippen LogP contribution is -1.86. The van der Waals surface area contributed by atoms with Gasteiger partial charge in [0.1, 0.15) is 6.61 Å². The van der Waals surface area contributed by atoms with Gasteiger partial charge in [-0.25, -0.2) is 0 Å². The summed E-state index contributed by atoms with van der Waals surface area (Å²) in [6.07, 6.45) is 7.39. The molecule has 0 bridgehead atoms. The quantitative estimate of drug-likeness (QED) is 0.519. The summed E-state index contributed by atoms with van der Waals surface area (Å²) in [5, 5.41) is 0. The van der Waals surface area contributed by atoms with Crippen LogP contribution in [0.1, 0.15) is 30.9 Å². The van der Waals surface area contributed by atoms with E-state index in [2.05, 4.69) is 35.9 Å². The highest BCUT2D eigenvalue weighted by Gasteiger charge is 1.92. The number of ether oxygens (including phenoxy) is 1. The number of carbonyl (C=O) groups is 1. The summed E-state index contributed by atoms with van der Waals surface area (Å²) in [5.41, 5.74) is 2.51. The van der Waals surface area contributed by atoms with Crippen LogP contribution in [-0.2, 0) is 16.0 Å². The van der Waals surface area contributed by atoms with Gasteiger partial charge >= 0.3 is 0 Å². The first-order valence-electron chi connectivity index (χ1n) is 5.67. The van der Waals surface area contributed by atoms with Crippen LogP contribution < -0.4 is 0 Å².